The molecule has 0 unspecified atom stereocenters. The molecule has 0 aliphatic carbocycles. The Balaban J connectivity index is 1.79. The molecule has 0 radical (unpaired) electrons. The summed E-state index contributed by atoms with van der Waals surface area (Å²) in [6.07, 6.45) is 0. The Morgan fingerprint density at radius 2 is 2.04 bits per heavy atom. The minimum Gasteiger partial charge on any atom is -0.497 e. The summed E-state index contributed by atoms with van der Waals surface area (Å²) in [5, 5.41) is 1.11. The van der Waals surface area contributed by atoms with Gasteiger partial charge in [-0.15, -0.1) is 0 Å². The van der Waals surface area contributed by atoms with E-state index in [1.807, 2.05) is 31.3 Å². The van der Waals surface area contributed by atoms with E-state index in [4.69, 9.17) is 16.3 Å². The Bertz CT molecular complexity index is 924. The maximum Gasteiger partial charge on any atom is 0.258 e. The zero-order valence-corrected chi connectivity index (χ0v) is 14.3. The van der Waals surface area contributed by atoms with Crippen molar-refractivity contribution in [2.75, 3.05) is 14.2 Å². The highest BCUT2D eigenvalue weighted by molar-refractivity contribution is 6.31. The number of nitrogens with one attached hydrogen (secondary N) is 1. The number of fused-ring (bicyclic) bond motifs is 1. The van der Waals surface area contributed by atoms with Gasteiger partial charge in [-0.3, -0.25) is 9.69 Å². The predicted molar refractivity (Wildman–Crippen MR) is 95.5 cm³/mol. The van der Waals surface area contributed by atoms with Crippen LogP contribution >= 0.6 is 11.6 Å². The maximum absolute atomic E-state index is 12.2. The van der Waals surface area contributed by atoms with Crippen molar-refractivity contribution in [3.8, 4) is 5.75 Å². The Morgan fingerprint density at radius 3 is 2.83 bits per heavy atom. The molecule has 0 bridgehead atoms. The lowest BCUT2D eigenvalue weighted by Crippen LogP contribution is -2.21. The number of H-pyrrole nitrogens is 1. The first-order valence-electron chi connectivity index (χ1n) is 7.55. The van der Waals surface area contributed by atoms with Gasteiger partial charge in [0.15, 0.2) is 0 Å². The van der Waals surface area contributed by atoms with Crippen LogP contribution in [0.3, 0.4) is 0 Å². The highest BCUT2D eigenvalue weighted by Crippen LogP contribution is 2.16. The van der Waals surface area contributed by atoms with E-state index in [0.717, 1.165) is 11.3 Å². The van der Waals surface area contributed by atoms with Crippen LogP contribution in [-0.2, 0) is 13.1 Å². The molecular weight excluding hydrogens is 326 g/mol. The minimum atomic E-state index is -0.151. The van der Waals surface area contributed by atoms with Crippen molar-refractivity contribution >= 4 is 22.5 Å². The van der Waals surface area contributed by atoms with E-state index >= 15 is 0 Å². The molecule has 3 aromatic rings. The molecule has 1 aromatic heterocycles. The number of hydrogen-bond acceptors (Lipinski definition) is 4. The average Bonchev–Trinajstić information content (AvgIpc) is 2.54. The number of aromatic nitrogens is 2. The SMILES string of the molecule is COc1cccc(CN(C)Cc2nc3cc(Cl)ccc3c(=O)[nH]2)c1. The van der Waals surface area contributed by atoms with E-state index in [9.17, 15) is 4.79 Å². The number of aromatic amines is 1. The quantitative estimate of drug-likeness (QED) is 0.772. The molecule has 0 aliphatic heterocycles. The van der Waals surface area contributed by atoms with Gasteiger partial charge in [0.25, 0.3) is 5.56 Å². The zero-order chi connectivity index (χ0) is 17.1. The van der Waals surface area contributed by atoms with Gasteiger partial charge in [0.05, 0.1) is 24.6 Å². The van der Waals surface area contributed by atoms with Crippen LogP contribution in [0, 0.1) is 0 Å². The molecule has 0 saturated heterocycles. The molecule has 0 atom stereocenters. The van der Waals surface area contributed by atoms with E-state index in [1.165, 1.54) is 0 Å². The molecule has 3 rings (SSSR count). The summed E-state index contributed by atoms with van der Waals surface area (Å²) in [6, 6.07) is 13.0. The monoisotopic (exact) mass is 343 g/mol. The molecular formula is C18H18ClN3O2. The van der Waals surface area contributed by atoms with Crippen molar-refractivity contribution in [2.45, 2.75) is 13.1 Å². The lowest BCUT2D eigenvalue weighted by atomic mass is 10.2. The largest absolute Gasteiger partial charge is 0.497 e. The van der Waals surface area contributed by atoms with Crippen LogP contribution < -0.4 is 10.3 Å². The van der Waals surface area contributed by atoms with Crippen LogP contribution in [0.15, 0.2) is 47.3 Å². The minimum absolute atomic E-state index is 0.151. The Kier molecular flexibility index (Phi) is 4.83. The van der Waals surface area contributed by atoms with Gasteiger partial charge in [-0.05, 0) is 42.9 Å². The molecule has 6 heteroatoms. The molecule has 0 amide bonds. The Hall–Kier alpha value is -2.37. The normalized spacial score (nSPS) is 11.2. The molecule has 2 aromatic carbocycles. The smallest absolute Gasteiger partial charge is 0.258 e. The highest BCUT2D eigenvalue weighted by Gasteiger charge is 2.08. The molecule has 5 nitrogen and oxygen atoms in total. The fourth-order valence-corrected chi connectivity index (χ4v) is 2.80. The maximum atomic E-state index is 12.2. The van der Waals surface area contributed by atoms with Gasteiger partial charge in [-0.25, -0.2) is 4.98 Å². The van der Waals surface area contributed by atoms with Crippen LogP contribution in [0.2, 0.25) is 5.02 Å². The number of nitrogens with zero attached hydrogens (tertiary/aromatic N) is 2. The molecule has 1 heterocycles. The van der Waals surface area contributed by atoms with Crippen LogP contribution in [0.1, 0.15) is 11.4 Å². The first-order chi connectivity index (χ1) is 11.5. The second kappa shape index (κ2) is 7.03. The molecule has 1 N–H and O–H groups in total. The van der Waals surface area contributed by atoms with Gasteiger partial charge in [-0.2, -0.15) is 0 Å². The van der Waals surface area contributed by atoms with E-state index in [1.54, 1.807) is 25.3 Å². The third kappa shape index (κ3) is 3.75. The van der Waals surface area contributed by atoms with Crippen molar-refractivity contribution in [2.24, 2.45) is 0 Å². The van der Waals surface area contributed by atoms with Crippen LogP contribution in [0.4, 0.5) is 0 Å². The van der Waals surface area contributed by atoms with Crippen LogP contribution in [0.5, 0.6) is 5.75 Å². The molecule has 0 fully saturated rings. The summed E-state index contributed by atoms with van der Waals surface area (Å²) in [4.78, 5) is 21.6. The summed E-state index contributed by atoms with van der Waals surface area (Å²) < 4.78 is 5.24. The lowest BCUT2D eigenvalue weighted by Gasteiger charge is -2.16. The third-order valence-corrected chi connectivity index (χ3v) is 3.96. The number of ether oxygens (including phenoxy) is 1. The van der Waals surface area contributed by atoms with Crippen LogP contribution in [-0.4, -0.2) is 29.0 Å². The first-order valence-corrected chi connectivity index (χ1v) is 7.93. The fraction of sp³-hybridized carbons (Fsp3) is 0.222. The summed E-state index contributed by atoms with van der Waals surface area (Å²) in [6.45, 7) is 1.24. The predicted octanol–water partition coefficient (Wildman–Crippen LogP) is 3.22. The van der Waals surface area contributed by atoms with Gasteiger partial charge in [0.2, 0.25) is 0 Å². The number of halogens is 1. The third-order valence-electron chi connectivity index (χ3n) is 3.72. The second-order valence-corrected chi connectivity index (χ2v) is 6.13. The molecule has 124 valence electrons. The number of methoxy groups -OCH3 is 1. The van der Waals surface area contributed by atoms with Gasteiger partial charge < -0.3 is 9.72 Å². The second-order valence-electron chi connectivity index (χ2n) is 5.70. The number of benzene rings is 2. The van der Waals surface area contributed by atoms with Crippen molar-refractivity contribution in [1.82, 2.24) is 14.9 Å². The Labute approximate surface area is 144 Å². The summed E-state index contributed by atoms with van der Waals surface area (Å²) in [5.74, 6) is 1.44. The average molecular weight is 344 g/mol. The van der Waals surface area contributed by atoms with Crippen molar-refractivity contribution in [1.29, 1.82) is 0 Å². The van der Waals surface area contributed by atoms with Gasteiger partial charge in [0.1, 0.15) is 11.6 Å². The summed E-state index contributed by atoms with van der Waals surface area (Å²) >= 11 is 5.99. The Morgan fingerprint density at radius 1 is 1.21 bits per heavy atom. The number of hydrogen-bond donors (Lipinski definition) is 1. The van der Waals surface area contributed by atoms with Crippen molar-refractivity contribution in [3.63, 3.8) is 0 Å². The molecule has 24 heavy (non-hydrogen) atoms. The van der Waals surface area contributed by atoms with Gasteiger partial charge >= 0.3 is 0 Å². The van der Waals surface area contributed by atoms with E-state index in [0.29, 0.717) is 34.8 Å². The molecule has 0 aliphatic rings. The van der Waals surface area contributed by atoms with Gasteiger partial charge in [-0.1, -0.05) is 23.7 Å². The topological polar surface area (TPSA) is 58.2 Å². The summed E-state index contributed by atoms with van der Waals surface area (Å²) in [7, 11) is 3.62. The standard InChI is InChI=1S/C18H18ClN3O2/c1-22(10-12-4-3-5-14(8-12)24-2)11-17-20-16-9-13(19)6-7-15(16)18(23)21-17/h3-9H,10-11H2,1-2H3,(H,20,21,23). The first kappa shape index (κ1) is 16.5. The van der Waals surface area contributed by atoms with E-state index in [2.05, 4.69) is 14.9 Å². The van der Waals surface area contributed by atoms with Gasteiger partial charge in [0, 0.05) is 11.6 Å². The zero-order valence-electron chi connectivity index (χ0n) is 13.5. The van der Waals surface area contributed by atoms with Crippen molar-refractivity contribution in [3.05, 3.63) is 69.2 Å². The summed E-state index contributed by atoms with van der Waals surface area (Å²) in [5.41, 5.74) is 1.58. The van der Waals surface area contributed by atoms with Crippen LogP contribution in [0.25, 0.3) is 10.9 Å². The van der Waals surface area contributed by atoms with E-state index < -0.39 is 0 Å². The molecule has 0 spiro atoms. The number of rotatable bonds is 5. The molecule has 0 saturated carbocycles. The lowest BCUT2D eigenvalue weighted by molar-refractivity contribution is 0.310. The van der Waals surface area contributed by atoms with E-state index in [-0.39, 0.29) is 5.56 Å². The highest BCUT2D eigenvalue weighted by atomic mass is 35.5. The fourth-order valence-electron chi connectivity index (χ4n) is 2.63. The van der Waals surface area contributed by atoms with Crippen molar-refractivity contribution < 1.29 is 4.74 Å².